The van der Waals surface area contributed by atoms with E-state index in [0.29, 0.717) is 12.2 Å². The lowest BCUT2D eigenvalue weighted by molar-refractivity contribution is -0.0720. The van der Waals surface area contributed by atoms with Gasteiger partial charge in [0.05, 0.1) is 17.9 Å². The van der Waals surface area contributed by atoms with Crippen LogP contribution in [0.1, 0.15) is 32.3 Å². The van der Waals surface area contributed by atoms with E-state index in [1.165, 1.54) is 24.9 Å². The van der Waals surface area contributed by atoms with Gasteiger partial charge in [-0.3, -0.25) is 4.90 Å². The van der Waals surface area contributed by atoms with Crippen LogP contribution in [0.2, 0.25) is 0 Å². The summed E-state index contributed by atoms with van der Waals surface area (Å²) in [5, 5.41) is 12.4. The molecule has 1 aromatic heterocycles. The maximum Gasteiger partial charge on any atom is 0.250 e. The quantitative estimate of drug-likeness (QED) is 0.823. The molecular weight excluding hydrogens is 340 g/mol. The van der Waals surface area contributed by atoms with E-state index in [1.807, 2.05) is 4.68 Å². The van der Waals surface area contributed by atoms with Crippen LogP contribution in [0.5, 0.6) is 0 Å². The predicted octanol–water partition coefficient (Wildman–Crippen LogP) is 2.30. The Balaban J connectivity index is 1.36. The van der Waals surface area contributed by atoms with Crippen LogP contribution in [0.25, 0.3) is 5.69 Å². The van der Waals surface area contributed by atoms with E-state index in [4.69, 9.17) is 4.74 Å². The summed E-state index contributed by atoms with van der Waals surface area (Å²) >= 11 is 0. The minimum absolute atomic E-state index is 0.341. The van der Waals surface area contributed by atoms with Gasteiger partial charge in [-0.15, -0.1) is 0 Å². The highest BCUT2D eigenvalue weighted by Crippen LogP contribution is 2.25. The molecule has 27 heavy (non-hydrogen) atoms. The molecule has 4 rings (SSSR count). The Bertz CT molecular complexity index is 727. The van der Waals surface area contributed by atoms with E-state index in [9.17, 15) is 0 Å². The molecule has 2 aromatic rings. The third-order valence-electron chi connectivity index (χ3n) is 5.64. The molecule has 2 unspecified atom stereocenters. The molecule has 0 amide bonds. The zero-order chi connectivity index (χ0) is 18.8. The average Bonchev–Trinajstić information content (AvgIpc) is 3.12. The molecule has 2 saturated heterocycles. The Morgan fingerprint density at radius 2 is 1.70 bits per heavy atom. The first-order valence-electron chi connectivity index (χ1n) is 10.1. The minimum Gasteiger partial charge on any atom is -0.373 e. The van der Waals surface area contributed by atoms with Gasteiger partial charge in [0.2, 0.25) is 5.95 Å². The highest BCUT2D eigenvalue weighted by atomic mass is 16.5. The molecule has 7 nitrogen and oxygen atoms in total. The standard InChI is InChI=1S/C20H30N6O/c1-15-4-6-19(7-5-15)26-20(21-22-23-26)25-10-8-18(9-11-25)14-24-12-16(2)27-17(3)13-24/h4-7,16-18H,8-14H2,1-3H3. The van der Waals surface area contributed by atoms with Gasteiger partial charge < -0.3 is 9.64 Å². The maximum atomic E-state index is 5.86. The van der Waals surface area contributed by atoms with Crippen molar-refractivity contribution in [3.63, 3.8) is 0 Å². The Morgan fingerprint density at radius 1 is 1.04 bits per heavy atom. The summed E-state index contributed by atoms with van der Waals surface area (Å²) in [6.45, 7) is 11.7. The number of benzene rings is 1. The van der Waals surface area contributed by atoms with Crippen LogP contribution < -0.4 is 4.90 Å². The molecule has 0 spiro atoms. The van der Waals surface area contributed by atoms with Gasteiger partial charge in [0.25, 0.3) is 0 Å². The number of anilines is 1. The van der Waals surface area contributed by atoms with Crippen LogP contribution in [0.15, 0.2) is 24.3 Å². The molecule has 146 valence electrons. The molecule has 1 aromatic carbocycles. The number of rotatable bonds is 4. The van der Waals surface area contributed by atoms with Gasteiger partial charge in [-0.25, -0.2) is 0 Å². The van der Waals surface area contributed by atoms with Gasteiger partial charge in [-0.2, -0.15) is 4.68 Å². The third kappa shape index (κ3) is 4.30. The first-order valence-corrected chi connectivity index (χ1v) is 10.1. The first-order chi connectivity index (χ1) is 13.1. The summed E-state index contributed by atoms with van der Waals surface area (Å²) in [5.41, 5.74) is 2.25. The highest BCUT2D eigenvalue weighted by molar-refractivity contribution is 5.41. The first kappa shape index (κ1) is 18.4. The SMILES string of the molecule is Cc1ccc(-n2nnnc2N2CCC(CN3CC(C)OC(C)C3)CC2)cc1. The number of hydrogen-bond acceptors (Lipinski definition) is 6. The number of piperidine rings is 1. The van der Waals surface area contributed by atoms with Crippen LogP contribution in [-0.4, -0.2) is 70.0 Å². The predicted molar refractivity (Wildman–Crippen MR) is 105 cm³/mol. The van der Waals surface area contributed by atoms with Gasteiger partial charge in [0, 0.05) is 32.7 Å². The Morgan fingerprint density at radius 3 is 2.37 bits per heavy atom. The van der Waals surface area contributed by atoms with Crippen molar-refractivity contribution < 1.29 is 4.74 Å². The lowest BCUT2D eigenvalue weighted by Crippen LogP contribution is -2.48. The van der Waals surface area contributed by atoms with Crippen molar-refractivity contribution in [3.8, 4) is 5.69 Å². The summed E-state index contributed by atoms with van der Waals surface area (Å²) in [6, 6.07) is 8.33. The zero-order valence-electron chi connectivity index (χ0n) is 16.6. The van der Waals surface area contributed by atoms with Crippen LogP contribution >= 0.6 is 0 Å². The van der Waals surface area contributed by atoms with Crippen molar-refractivity contribution in [2.45, 2.75) is 45.8 Å². The number of ether oxygens (including phenoxy) is 1. The summed E-state index contributed by atoms with van der Waals surface area (Å²) in [4.78, 5) is 4.90. The second-order valence-corrected chi connectivity index (χ2v) is 8.13. The fraction of sp³-hybridized carbons (Fsp3) is 0.650. The van der Waals surface area contributed by atoms with E-state index >= 15 is 0 Å². The van der Waals surface area contributed by atoms with E-state index in [2.05, 4.69) is 70.4 Å². The number of nitrogens with zero attached hydrogens (tertiary/aromatic N) is 6. The Hall–Kier alpha value is -1.99. The van der Waals surface area contributed by atoms with Gasteiger partial charge >= 0.3 is 0 Å². The molecule has 3 heterocycles. The van der Waals surface area contributed by atoms with Gasteiger partial charge in [-0.05, 0) is 62.1 Å². The second-order valence-electron chi connectivity index (χ2n) is 8.13. The van der Waals surface area contributed by atoms with Gasteiger partial charge in [0.15, 0.2) is 0 Å². The summed E-state index contributed by atoms with van der Waals surface area (Å²) in [6.07, 6.45) is 3.04. The zero-order valence-corrected chi connectivity index (χ0v) is 16.6. The smallest absolute Gasteiger partial charge is 0.250 e. The van der Waals surface area contributed by atoms with Crippen LogP contribution in [0.4, 0.5) is 5.95 Å². The van der Waals surface area contributed by atoms with Crippen molar-refractivity contribution in [2.75, 3.05) is 37.6 Å². The Kier molecular flexibility index (Phi) is 5.41. The number of hydrogen-bond donors (Lipinski definition) is 0. The van der Waals surface area contributed by atoms with Crippen LogP contribution in [-0.2, 0) is 4.74 Å². The molecule has 2 atom stereocenters. The minimum atomic E-state index is 0.341. The molecule has 0 aliphatic carbocycles. The van der Waals surface area contributed by atoms with E-state index in [0.717, 1.165) is 43.7 Å². The molecule has 2 aliphatic heterocycles. The fourth-order valence-corrected chi connectivity index (χ4v) is 4.35. The number of tetrazole rings is 1. The van der Waals surface area contributed by atoms with Gasteiger partial charge in [0.1, 0.15) is 0 Å². The molecule has 0 radical (unpaired) electrons. The molecular formula is C20H30N6O. The number of aryl methyl sites for hydroxylation is 1. The third-order valence-corrected chi connectivity index (χ3v) is 5.64. The molecule has 0 N–H and O–H groups in total. The second kappa shape index (κ2) is 7.94. The molecule has 2 fully saturated rings. The average molecular weight is 371 g/mol. The van der Waals surface area contributed by atoms with Crippen LogP contribution in [0, 0.1) is 12.8 Å². The monoisotopic (exact) mass is 370 g/mol. The number of morpholine rings is 1. The van der Waals surface area contributed by atoms with Gasteiger partial charge in [-0.1, -0.05) is 22.8 Å². The van der Waals surface area contributed by atoms with Crippen molar-refractivity contribution in [2.24, 2.45) is 5.92 Å². The molecule has 0 saturated carbocycles. The summed E-state index contributed by atoms with van der Waals surface area (Å²) in [5.74, 6) is 1.59. The lowest BCUT2D eigenvalue weighted by atomic mass is 9.96. The summed E-state index contributed by atoms with van der Waals surface area (Å²) in [7, 11) is 0. The molecule has 0 bridgehead atoms. The Labute approximate surface area is 161 Å². The van der Waals surface area contributed by atoms with E-state index < -0.39 is 0 Å². The van der Waals surface area contributed by atoms with Crippen molar-refractivity contribution in [1.29, 1.82) is 0 Å². The van der Waals surface area contributed by atoms with E-state index in [-0.39, 0.29) is 0 Å². The largest absolute Gasteiger partial charge is 0.373 e. The highest BCUT2D eigenvalue weighted by Gasteiger charge is 2.28. The van der Waals surface area contributed by atoms with E-state index in [1.54, 1.807) is 0 Å². The fourth-order valence-electron chi connectivity index (χ4n) is 4.35. The molecule has 2 aliphatic rings. The molecule has 7 heteroatoms. The normalized spacial score (nSPS) is 25.1. The van der Waals surface area contributed by atoms with Crippen LogP contribution in [0.3, 0.4) is 0 Å². The lowest BCUT2D eigenvalue weighted by Gasteiger charge is -2.39. The summed E-state index contributed by atoms with van der Waals surface area (Å²) < 4.78 is 7.71. The van der Waals surface area contributed by atoms with Crippen molar-refractivity contribution >= 4 is 5.95 Å². The van der Waals surface area contributed by atoms with Crippen molar-refractivity contribution in [3.05, 3.63) is 29.8 Å². The maximum absolute atomic E-state index is 5.86. The van der Waals surface area contributed by atoms with Crippen molar-refractivity contribution in [1.82, 2.24) is 25.1 Å². The topological polar surface area (TPSA) is 59.3 Å². The number of aromatic nitrogens is 4.